The molecule has 4 nitrogen and oxygen atoms in total. The van der Waals surface area contributed by atoms with E-state index in [-0.39, 0.29) is 6.04 Å². The lowest BCUT2D eigenvalue weighted by Gasteiger charge is -2.32. The van der Waals surface area contributed by atoms with E-state index < -0.39 is 0 Å². The van der Waals surface area contributed by atoms with Crippen LogP contribution in [0.25, 0.3) is 10.9 Å². The summed E-state index contributed by atoms with van der Waals surface area (Å²) < 4.78 is 0. The molecule has 1 saturated carbocycles. The van der Waals surface area contributed by atoms with Crippen molar-refractivity contribution in [1.29, 1.82) is 0 Å². The highest BCUT2D eigenvalue weighted by Gasteiger charge is 2.28. The van der Waals surface area contributed by atoms with E-state index >= 15 is 0 Å². The smallest absolute Gasteiger partial charge is 0.147 e. The quantitative estimate of drug-likeness (QED) is 0.665. The second-order valence-electron chi connectivity index (χ2n) is 7.26. The molecular weight excluding hydrogens is 322 g/mol. The SMILES string of the molecule is Cc1cccc(NC(c2ccc3cccnc3c2O)C2CCCCC2)n1. The van der Waals surface area contributed by atoms with E-state index in [2.05, 4.69) is 21.4 Å². The largest absolute Gasteiger partial charge is 0.505 e. The maximum Gasteiger partial charge on any atom is 0.147 e. The number of phenols is 1. The lowest BCUT2D eigenvalue weighted by molar-refractivity contribution is 0.315. The molecule has 3 aromatic rings. The number of nitrogens with zero attached hydrogens (tertiary/aromatic N) is 2. The number of hydrogen-bond donors (Lipinski definition) is 2. The lowest BCUT2D eigenvalue weighted by atomic mass is 9.80. The number of anilines is 1. The molecule has 0 radical (unpaired) electrons. The summed E-state index contributed by atoms with van der Waals surface area (Å²) in [4.78, 5) is 9.01. The Hall–Kier alpha value is -2.62. The molecule has 134 valence electrons. The number of pyridine rings is 2. The van der Waals surface area contributed by atoms with Crippen LogP contribution in [0, 0.1) is 12.8 Å². The number of aryl methyl sites for hydroxylation is 1. The molecule has 0 saturated heterocycles. The van der Waals surface area contributed by atoms with Gasteiger partial charge < -0.3 is 10.4 Å². The number of aromatic hydroxyl groups is 1. The minimum absolute atomic E-state index is 0.0380. The minimum Gasteiger partial charge on any atom is -0.505 e. The molecule has 0 aliphatic heterocycles. The first-order chi connectivity index (χ1) is 12.7. The van der Waals surface area contributed by atoms with Crippen molar-refractivity contribution < 1.29 is 5.11 Å². The summed E-state index contributed by atoms with van der Waals surface area (Å²) in [5, 5.41) is 15.5. The third-order valence-corrected chi connectivity index (χ3v) is 5.43. The number of benzene rings is 1. The molecule has 4 heteroatoms. The Balaban J connectivity index is 1.75. The van der Waals surface area contributed by atoms with Gasteiger partial charge in [-0.25, -0.2) is 4.98 Å². The normalized spacial score (nSPS) is 16.5. The van der Waals surface area contributed by atoms with Gasteiger partial charge in [-0.2, -0.15) is 0 Å². The third-order valence-electron chi connectivity index (χ3n) is 5.43. The predicted octanol–water partition coefficient (Wildman–Crippen LogP) is 5.38. The Morgan fingerprint density at radius 3 is 2.69 bits per heavy atom. The summed E-state index contributed by atoms with van der Waals surface area (Å²) in [6.45, 7) is 2.00. The van der Waals surface area contributed by atoms with E-state index in [1.165, 1.54) is 32.1 Å². The molecule has 1 fully saturated rings. The number of nitrogens with one attached hydrogen (secondary N) is 1. The van der Waals surface area contributed by atoms with Gasteiger partial charge in [0.15, 0.2) is 0 Å². The van der Waals surface area contributed by atoms with Crippen molar-refractivity contribution in [3.05, 3.63) is 59.9 Å². The number of rotatable bonds is 4. The summed E-state index contributed by atoms with van der Waals surface area (Å²) >= 11 is 0. The summed E-state index contributed by atoms with van der Waals surface area (Å²) in [6.07, 6.45) is 7.87. The van der Waals surface area contributed by atoms with Gasteiger partial charge in [0.1, 0.15) is 17.1 Å². The van der Waals surface area contributed by atoms with Crippen LogP contribution in [0.4, 0.5) is 5.82 Å². The molecule has 1 atom stereocenters. The summed E-state index contributed by atoms with van der Waals surface area (Å²) in [6, 6.07) is 14.0. The molecule has 0 bridgehead atoms. The minimum atomic E-state index is 0.0380. The van der Waals surface area contributed by atoms with Crippen LogP contribution in [-0.4, -0.2) is 15.1 Å². The molecule has 2 N–H and O–H groups in total. The van der Waals surface area contributed by atoms with Crippen molar-refractivity contribution in [2.75, 3.05) is 5.32 Å². The zero-order valence-corrected chi connectivity index (χ0v) is 15.2. The van der Waals surface area contributed by atoms with Gasteiger partial charge in [-0.3, -0.25) is 4.98 Å². The molecule has 1 aliphatic carbocycles. The first kappa shape index (κ1) is 16.8. The van der Waals surface area contributed by atoms with E-state index in [1.54, 1.807) is 6.20 Å². The Bertz CT molecular complexity index is 903. The van der Waals surface area contributed by atoms with Gasteiger partial charge in [-0.15, -0.1) is 0 Å². The van der Waals surface area contributed by atoms with Crippen LogP contribution in [0.5, 0.6) is 5.75 Å². The van der Waals surface area contributed by atoms with E-state index in [1.807, 2.05) is 43.3 Å². The van der Waals surface area contributed by atoms with Crippen molar-refractivity contribution >= 4 is 16.7 Å². The van der Waals surface area contributed by atoms with Crippen LogP contribution < -0.4 is 5.32 Å². The van der Waals surface area contributed by atoms with E-state index in [0.29, 0.717) is 17.2 Å². The fourth-order valence-electron chi connectivity index (χ4n) is 4.10. The topological polar surface area (TPSA) is 58.0 Å². The average Bonchev–Trinajstić information content (AvgIpc) is 2.68. The van der Waals surface area contributed by atoms with Crippen LogP contribution in [0.2, 0.25) is 0 Å². The van der Waals surface area contributed by atoms with Gasteiger partial charge in [-0.05, 0) is 43.9 Å². The highest BCUT2D eigenvalue weighted by molar-refractivity contribution is 5.85. The first-order valence-corrected chi connectivity index (χ1v) is 9.49. The Morgan fingerprint density at radius 2 is 1.88 bits per heavy atom. The van der Waals surface area contributed by atoms with Crippen molar-refractivity contribution in [3.8, 4) is 5.75 Å². The lowest BCUT2D eigenvalue weighted by Crippen LogP contribution is -2.24. The highest BCUT2D eigenvalue weighted by atomic mass is 16.3. The highest BCUT2D eigenvalue weighted by Crippen LogP contribution is 2.41. The second-order valence-corrected chi connectivity index (χ2v) is 7.26. The van der Waals surface area contributed by atoms with Gasteiger partial charge in [0.2, 0.25) is 0 Å². The van der Waals surface area contributed by atoms with Crippen molar-refractivity contribution in [2.45, 2.75) is 45.1 Å². The molecule has 0 spiro atoms. The average molecular weight is 347 g/mol. The van der Waals surface area contributed by atoms with Gasteiger partial charge in [0, 0.05) is 22.8 Å². The fraction of sp³-hybridized carbons (Fsp3) is 0.364. The first-order valence-electron chi connectivity index (χ1n) is 9.49. The van der Waals surface area contributed by atoms with E-state index in [9.17, 15) is 5.11 Å². The van der Waals surface area contributed by atoms with Crippen LogP contribution in [0.3, 0.4) is 0 Å². The van der Waals surface area contributed by atoms with Gasteiger partial charge in [0.05, 0.1) is 6.04 Å². The van der Waals surface area contributed by atoms with Gasteiger partial charge in [-0.1, -0.05) is 43.5 Å². The maximum atomic E-state index is 11.0. The number of fused-ring (bicyclic) bond motifs is 1. The van der Waals surface area contributed by atoms with Crippen LogP contribution in [0.1, 0.15) is 49.4 Å². The molecule has 2 heterocycles. The molecular formula is C22H25N3O. The number of aromatic nitrogens is 2. The zero-order chi connectivity index (χ0) is 17.9. The number of hydrogen-bond acceptors (Lipinski definition) is 4. The van der Waals surface area contributed by atoms with E-state index in [4.69, 9.17) is 0 Å². The Morgan fingerprint density at radius 1 is 1.04 bits per heavy atom. The van der Waals surface area contributed by atoms with Crippen LogP contribution >= 0.6 is 0 Å². The summed E-state index contributed by atoms with van der Waals surface area (Å²) in [5.74, 6) is 1.64. The predicted molar refractivity (Wildman–Crippen MR) is 105 cm³/mol. The zero-order valence-electron chi connectivity index (χ0n) is 15.2. The Kier molecular flexibility index (Phi) is 4.74. The van der Waals surface area contributed by atoms with Crippen molar-refractivity contribution in [2.24, 2.45) is 5.92 Å². The molecule has 1 aliphatic rings. The molecule has 1 aromatic carbocycles. The van der Waals surface area contributed by atoms with Crippen LogP contribution in [0.15, 0.2) is 48.7 Å². The van der Waals surface area contributed by atoms with Gasteiger partial charge >= 0.3 is 0 Å². The summed E-state index contributed by atoms with van der Waals surface area (Å²) in [7, 11) is 0. The molecule has 26 heavy (non-hydrogen) atoms. The molecule has 4 rings (SSSR count). The Labute approximate surface area is 154 Å². The third kappa shape index (κ3) is 3.36. The molecule has 1 unspecified atom stereocenters. The molecule has 2 aromatic heterocycles. The standard InChI is InChI=1S/C22H25N3O/c1-15-7-5-11-19(24-15)25-20(16-8-3-2-4-9-16)18-13-12-17-10-6-14-23-21(17)22(18)26/h5-7,10-14,16,20,26H,2-4,8-9H2,1H3,(H,24,25). The van der Waals surface area contributed by atoms with Gasteiger partial charge in [0.25, 0.3) is 0 Å². The number of phenolic OH excluding ortho intramolecular Hbond substituents is 1. The maximum absolute atomic E-state index is 11.0. The summed E-state index contributed by atoms with van der Waals surface area (Å²) in [5.41, 5.74) is 2.58. The molecule has 0 amide bonds. The van der Waals surface area contributed by atoms with E-state index in [0.717, 1.165) is 22.5 Å². The fourth-order valence-corrected chi connectivity index (χ4v) is 4.10. The second kappa shape index (κ2) is 7.32. The van der Waals surface area contributed by atoms with Crippen molar-refractivity contribution in [1.82, 2.24) is 9.97 Å². The monoisotopic (exact) mass is 347 g/mol. The van der Waals surface area contributed by atoms with Crippen LogP contribution in [-0.2, 0) is 0 Å². The van der Waals surface area contributed by atoms with Crippen molar-refractivity contribution in [3.63, 3.8) is 0 Å².